The summed E-state index contributed by atoms with van der Waals surface area (Å²) in [6.45, 7) is 2.09. The average molecular weight is 517 g/mol. The summed E-state index contributed by atoms with van der Waals surface area (Å²) in [6.07, 6.45) is 2.59. The second-order valence-corrected chi connectivity index (χ2v) is 10.2. The number of sulfone groups is 1. The topological polar surface area (TPSA) is 125 Å². The van der Waals surface area contributed by atoms with E-state index in [1.54, 1.807) is 31.2 Å². The number of imidazole rings is 1. The lowest BCUT2D eigenvalue weighted by Gasteiger charge is -2.19. The minimum atomic E-state index is -3.55. The number of benzene rings is 1. The molecule has 12 heteroatoms. The number of fused-ring (bicyclic) bond motifs is 1. The molecule has 36 heavy (non-hydrogen) atoms. The number of halogens is 1. The zero-order valence-electron chi connectivity index (χ0n) is 20.1. The van der Waals surface area contributed by atoms with Crippen LogP contribution >= 0.6 is 0 Å². The molecule has 0 aliphatic rings. The van der Waals surface area contributed by atoms with Gasteiger partial charge < -0.3 is 19.2 Å². The standard InChI is InChI=1S/C24H25FN4O6S/c1-5-35-23-20(33-2)9-8-17(27-23)19(13-36(4,31)32)29-22-18(28-24(29)30)10-14(12-26-22)16-7-6-15(25)11-21(16)34-3/h6-12,19H,5,13H2,1-4H3,(H,28,30)/t19-/m1/s1. The number of methoxy groups -OCH3 is 2. The van der Waals surface area contributed by atoms with E-state index in [4.69, 9.17) is 14.2 Å². The predicted molar refractivity (Wildman–Crippen MR) is 132 cm³/mol. The van der Waals surface area contributed by atoms with Gasteiger partial charge in [0.25, 0.3) is 5.88 Å². The van der Waals surface area contributed by atoms with Gasteiger partial charge in [0.1, 0.15) is 21.4 Å². The average Bonchev–Trinajstić information content (AvgIpc) is 3.16. The van der Waals surface area contributed by atoms with Crippen LogP contribution in [-0.2, 0) is 9.84 Å². The third kappa shape index (κ3) is 5.03. The molecule has 0 bridgehead atoms. The number of nitrogens with zero attached hydrogens (tertiary/aromatic N) is 3. The quantitative estimate of drug-likeness (QED) is 0.360. The van der Waals surface area contributed by atoms with Crippen LogP contribution in [0.15, 0.2) is 47.4 Å². The summed E-state index contributed by atoms with van der Waals surface area (Å²) in [5.41, 5.74) is 1.47. The van der Waals surface area contributed by atoms with Gasteiger partial charge in [0.15, 0.2) is 11.4 Å². The molecule has 0 saturated heterocycles. The Kier molecular flexibility index (Phi) is 6.97. The number of aromatic amines is 1. The van der Waals surface area contributed by atoms with Crippen molar-refractivity contribution in [1.82, 2.24) is 19.5 Å². The molecule has 3 aromatic heterocycles. The molecule has 4 aromatic rings. The highest BCUT2D eigenvalue weighted by atomic mass is 32.2. The molecule has 4 rings (SSSR count). The van der Waals surface area contributed by atoms with Crippen molar-refractivity contribution >= 4 is 21.0 Å². The minimum Gasteiger partial charge on any atom is -0.496 e. The molecule has 0 amide bonds. The van der Waals surface area contributed by atoms with E-state index in [1.807, 2.05) is 0 Å². The van der Waals surface area contributed by atoms with Gasteiger partial charge in [0.2, 0.25) is 0 Å². The van der Waals surface area contributed by atoms with Gasteiger partial charge in [-0.2, -0.15) is 0 Å². The number of hydrogen-bond donors (Lipinski definition) is 1. The Hall–Kier alpha value is -3.93. The number of hydrogen-bond acceptors (Lipinski definition) is 8. The third-order valence-electron chi connectivity index (χ3n) is 5.49. The summed E-state index contributed by atoms with van der Waals surface area (Å²) in [6, 6.07) is 7.96. The molecule has 190 valence electrons. The number of ether oxygens (including phenoxy) is 3. The number of H-pyrrole nitrogens is 1. The van der Waals surface area contributed by atoms with Crippen molar-refractivity contribution in [1.29, 1.82) is 0 Å². The van der Waals surface area contributed by atoms with Crippen LogP contribution in [0.4, 0.5) is 4.39 Å². The van der Waals surface area contributed by atoms with Crippen LogP contribution in [0.25, 0.3) is 22.3 Å². The maximum absolute atomic E-state index is 13.7. The lowest BCUT2D eigenvalue weighted by Crippen LogP contribution is -2.29. The van der Waals surface area contributed by atoms with Crippen LogP contribution in [0.2, 0.25) is 0 Å². The summed E-state index contributed by atoms with van der Waals surface area (Å²) in [5.74, 6) is 0.00787. The summed E-state index contributed by atoms with van der Waals surface area (Å²) in [4.78, 5) is 24.7. The Labute approximate surface area is 206 Å². The van der Waals surface area contributed by atoms with Crippen LogP contribution in [0, 0.1) is 5.82 Å². The van der Waals surface area contributed by atoms with Crippen molar-refractivity contribution in [2.75, 3.05) is 32.8 Å². The van der Waals surface area contributed by atoms with Crippen LogP contribution < -0.4 is 19.9 Å². The van der Waals surface area contributed by atoms with Gasteiger partial charge in [-0.05, 0) is 37.3 Å². The maximum Gasteiger partial charge on any atom is 0.328 e. The van der Waals surface area contributed by atoms with Gasteiger partial charge in [-0.1, -0.05) is 0 Å². The monoisotopic (exact) mass is 516 g/mol. The lowest BCUT2D eigenvalue weighted by atomic mass is 10.1. The molecule has 0 unspecified atom stereocenters. The molecule has 3 heterocycles. The van der Waals surface area contributed by atoms with Gasteiger partial charge in [-0.15, -0.1) is 0 Å². The Morgan fingerprint density at radius 3 is 2.53 bits per heavy atom. The van der Waals surface area contributed by atoms with E-state index in [-0.39, 0.29) is 11.5 Å². The second kappa shape index (κ2) is 9.97. The smallest absolute Gasteiger partial charge is 0.328 e. The van der Waals surface area contributed by atoms with Crippen molar-refractivity contribution in [2.45, 2.75) is 13.0 Å². The first-order chi connectivity index (χ1) is 17.1. The predicted octanol–water partition coefficient (Wildman–Crippen LogP) is 2.98. The molecular formula is C24H25FN4O6S. The van der Waals surface area contributed by atoms with E-state index >= 15 is 0 Å². The lowest BCUT2D eigenvalue weighted by molar-refractivity contribution is 0.296. The Bertz CT molecular complexity index is 1580. The molecule has 1 aromatic carbocycles. The van der Waals surface area contributed by atoms with Crippen molar-refractivity contribution < 1.29 is 27.0 Å². The SMILES string of the molecule is CCOc1nc([C@@H](CS(C)(=O)=O)n2c(=O)[nH]c3cc(-c4ccc(F)cc4OC)cnc32)ccc1OC. The zero-order chi connectivity index (χ0) is 26.0. The number of nitrogens with one attached hydrogen (secondary N) is 1. The normalized spacial score (nSPS) is 12.5. The molecule has 0 spiro atoms. The van der Waals surface area contributed by atoms with E-state index < -0.39 is 33.1 Å². The van der Waals surface area contributed by atoms with Gasteiger partial charge in [0, 0.05) is 29.6 Å². The Balaban J connectivity index is 1.88. The van der Waals surface area contributed by atoms with Crippen LogP contribution in [-0.4, -0.2) is 60.8 Å². The van der Waals surface area contributed by atoms with Gasteiger partial charge in [0.05, 0.1) is 43.8 Å². The number of aromatic nitrogens is 4. The van der Waals surface area contributed by atoms with E-state index in [9.17, 15) is 17.6 Å². The minimum absolute atomic E-state index is 0.183. The van der Waals surface area contributed by atoms with Crippen molar-refractivity contribution in [3.63, 3.8) is 0 Å². The summed E-state index contributed by atoms with van der Waals surface area (Å²) in [7, 11) is -0.659. The van der Waals surface area contributed by atoms with Gasteiger partial charge in [-0.3, -0.25) is 4.57 Å². The highest BCUT2D eigenvalue weighted by Gasteiger charge is 2.27. The van der Waals surface area contributed by atoms with Crippen molar-refractivity contribution in [2.24, 2.45) is 0 Å². The summed E-state index contributed by atoms with van der Waals surface area (Å²) in [5, 5.41) is 0. The molecule has 1 atom stereocenters. The molecular weight excluding hydrogens is 491 g/mol. The first-order valence-electron chi connectivity index (χ1n) is 10.9. The van der Waals surface area contributed by atoms with Gasteiger partial charge in [-0.25, -0.2) is 27.6 Å². The molecule has 0 saturated carbocycles. The second-order valence-electron chi connectivity index (χ2n) is 8.02. The van der Waals surface area contributed by atoms with E-state index in [0.717, 1.165) is 6.26 Å². The van der Waals surface area contributed by atoms with Crippen LogP contribution in [0.1, 0.15) is 18.7 Å². The molecule has 0 fully saturated rings. The van der Waals surface area contributed by atoms with Crippen LogP contribution in [0.5, 0.6) is 17.4 Å². The summed E-state index contributed by atoms with van der Waals surface area (Å²) >= 11 is 0. The molecule has 10 nitrogen and oxygen atoms in total. The zero-order valence-corrected chi connectivity index (χ0v) is 20.9. The maximum atomic E-state index is 13.7. The summed E-state index contributed by atoms with van der Waals surface area (Å²) < 4.78 is 55.7. The highest BCUT2D eigenvalue weighted by molar-refractivity contribution is 7.90. The van der Waals surface area contributed by atoms with E-state index in [2.05, 4.69) is 15.0 Å². The highest BCUT2D eigenvalue weighted by Crippen LogP contribution is 2.33. The van der Waals surface area contributed by atoms with Crippen molar-refractivity contribution in [3.8, 4) is 28.5 Å². The molecule has 0 aliphatic carbocycles. The van der Waals surface area contributed by atoms with Gasteiger partial charge >= 0.3 is 5.69 Å². The first-order valence-corrected chi connectivity index (χ1v) is 13.0. The fourth-order valence-corrected chi connectivity index (χ4v) is 4.85. The molecule has 1 N–H and O–H groups in total. The van der Waals surface area contributed by atoms with E-state index in [0.29, 0.717) is 40.4 Å². The Morgan fingerprint density at radius 2 is 1.86 bits per heavy atom. The number of rotatable bonds is 9. The van der Waals surface area contributed by atoms with E-state index in [1.165, 1.54) is 37.1 Å². The van der Waals surface area contributed by atoms with Crippen LogP contribution in [0.3, 0.4) is 0 Å². The van der Waals surface area contributed by atoms with Crippen molar-refractivity contribution in [3.05, 3.63) is 64.6 Å². The Morgan fingerprint density at radius 1 is 1.11 bits per heavy atom. The fraction of sp³-hybridized carbons (Fsp3) is 0.292. The first kappa shape index (κ1) is 25.2. The molecule has 0 radical (unpaired) electrons. The number of pyridine rings is 2. The fourth-order valence-electron chi connectivity index (χ4n) is 3.96. The molecule has 0 aliphatic heterocycles. The largest absolute Gasteiger partial charge is 0.496 e. The third-order valence-corrected chi connectivity index (χ3v) is 6.41.